The van der Waals surface area contributed by atoms with E-state index in [1.807, 2.05) is 37.3 Å². The predicted octanol–water partition coefficient (Wildman–Crippen LogP) is 1.23. The third kappa shape index (κ3) is 4.18. The molecule has 0 spiro atoms. The van der Waals surface area contributed by atoms with Crippen LogP contribution in [0, 0.1) is 0 Å². The molecule has 6 heteroatoms. The van der Waals surface area contributed by atoms with Crippen molar-refractivity contribution in [2.45, 2.75) is 25.4 Å². The lowest BCUT2D eigenvalue weighted by atomic mass is 10.0. The summed E-state index contributed by atoms with van der Waals surface area (Å²) in [4.78, 5) is 0. The minimum atomic E-state index is -2.92. The van der Waals surface area contributed by atoms with Crippen LogP contribution in [0.1, 0.15) is 18.9 Å². The monoisotopic (exact) mass is 298 g/mol. The molecule has 1 atom stereocenters. The van der Waals surface area contributed by atoms with Crippen molar-refractivity contribution >= 4 is 27.2 Å². The summed E-state index contributed by atoms with van der Waals surface area (Å²) in [5.74, 6) is 0.380. The van der Waals surface area contributed by atoms with Crippen LogP contribution in [0.3, 0.4) is 0 Å². The van der Waals surface area contributed by atoms with Crippen LogP contribution >= 0.6 is 12.2 Å². The molecule has 0 radical (unpaired) electrons. The van der Waals surface area contributed by atoms with Gasteiger partial charge in [-0.25, -0.2) is 8.42 Å². The van der Waals surface area contributed by atoms with E-state index in [2.05, 4.69) is 10.6 Å². The van der Waals surface area contributed by atoms with Crippen molar-refractivity contribution in [1.29, 1.82) is 0 Å². The average molecular weight is 298 g/mol. The van der Waals surface area contributed by atoms with Gasteiger partial charge in [0.1, 0.15) is 0 Å². The van der Waals surface area contributed by atoms with Crippen LogP contribution < -0.4 is 10.6 Å². The van der Waals surface area contributed by atoms with Crippen LogP contribution in [-0.4, -0.2) is 30.6 Å². The van der Waals surface area contributed by atoms with Crippen LogP contribution in [0.25, 0.3) is 0 Å². The highest BCUT2D eigenvalue weighted by Crippen LogP contribution is 2.22. The number of rotatable bonds is 3. The summed E-state index contributed by atoms with van der Waals surface area (Å²) in [5, 5.41) is 6.73. The van der Waals surface area contributed by atoms with E-state index in [9.17, 15) is 8.42 Å². The molecule has 0 aliphatic carbocycles. The Kier molecular flexibility index (Phi) is 4.10. The lowest BCUT2D eigenvalue weighted by Gasteiger charge is -2.26. The summed E-state index contributed by atoms with van der Waals surface area (Å²) in [6.45, 7) is 2.53. The van der Waals surface area contributed by atoms with E-state index in [0.29, 0.717) is 18.1 Å². The van der Waals surface area contributed by atoms with Crippen molar-refractivity contribution in [3.05, 3.63) is 35.9 Å². The molecule has 0 saturated carbocycles. The Balaban J connectivity index is 1.85. The smallest absolute Gasteiger partial charge is 0.167 e. The van der Waals surface area contributed by atoms with E-state index in [1.54, 1.807) is 0 Å². The molecule has 4 nitrogen and oxygen atoms in total. The molecule has 1 unspecified atom stereocenters. The molecule has 1 aromatic carbocycles. The number of hydrogen-bond acceptors (Lipinski definition) is 3. The maximum atomic E-state index is 11.5. The zero-order valence-electron chi connectivity index (χ0n) is 10.8. The summed E-state index contributed by atoms with van der Waals surface area (Å²) in [7, 11) is -2.92. The van der Waals surface area contributed by atoms with Crippen molar-refractivity contribution in [2.75, 3.05) is 11.5 Å². The molecular weight excluding hydrogens is 280 g/mol. The molecule has 104 valence electrons. The van der Waals surface area contributed by atoms with Gasteiger partial charge in [0.15, 0.2) is 14.9 Å². The first-order valence-corrected chi connectivity index (χ1v) is 8.42. The Hall–Kier alpha value is -1.14. The number of thiocarbonyl (C=S) groups is 1. The van der Waals surface area contributed by atoms with Gasteiger partial charge < -0.3 is 10.6 Å². The van der Waals surface area contributed by atoms with Crippen LogP contribution in [0.4, 0.5) is 0 Å². The van der Waals surface area contributed by atoms with Crippen molar-refractivity contribution in [1.82, 2.24) is 10.6 Å². The zero-order valence-corrected chi connectivity index (χ0v) is 12.5. The standard InChI is InChI=1S/C13H18N2O2S2/c1-13(7-8-19(16,17)10-13)15-12(18)14-9-11-5-3-2-4-6-11/h2-6H,7-10H2,1H3,(H2,14,15,18). The molecule has 1 aliphatic rings. The molecule has 1 fully saturated rings. The second-order valence-corrected chi connectivity index (χ2v) is 7.79. The van der Waals surface area contributed by atoms with Crippen molar-refractivity contribution < 1.29 is 8.42 Å². The van der Waals surface area contributed by atoms with E-state index in [1.165, 1.54) is 0 Å². The quantitative estimate of drug-likeness (QED) is 0.822. The van der Waals surface area contributed by atoms with Crippen LogP contribution in [0.15, 0.2) is 30.3 Å². The van der Waals surface area contributed by atoms with Gasteiger partial charge in [0.05, 0.1) is 17.0 Å². The highest BCUT2D eigenvalue weighted by Gasteiger charge is 2.38. The highest BCUT2D eigenvalue weighted by molar-refractivity contribution is 7.91. The minimum absolute atomic E-state index is 0.146. The maximum Gasteiger partial charge on any atom is 0.167 e. The van der Waals surface area contributed by atoms with Crippen molar-refractivity contribution in [2.24, 2.45) is 0 Å². The first kappa shape index (κ1) is 14.3. The number of nitrogens with one attached hydrogen (secondary N) is 2. The third-order valence-corrected chi connectivity index (χ3v) is 5.36. The molecule has 1 saturated heterocycles. The molecule has 0 bridgehead atoms. The van der Waals surface area contributed by atoms with E-state index in [4.69, 9.17) is 12.2 Å². The van der Waals surface area contributed by atoms with Crippen LogP contribution in [0.2, 0.25) is 0 Å². The summed E-state index contributed by atoms with van der Waals surface area (Å²) in [5.41, 5.74) is 0.690. The molecule has 19 heavy (non-hydrogen) atoms. The van der Waals surface area contributed by atoms with Gasteiger partial charge in [-0.05, 0) is 31.1 Å². The van der Waals surface area contributed by atoms with Crippen LogP contribution in [-0.2, 0) is 16.4 Å². The Bertz CT molecular complexity index is 557. The average Bonchev–Trinajstić information content (AvgIpc) is 2.62. The fourth-order valence-electron chi connectivity index (χ4n) is 2.21. The molecule has 1 heterocycles. The van der Waals surface area contributed by atoms with Gasteiger partial charge in [-0.15, -0.1) is 0 Å². The maximum absolute atomic E-state index is 11.5. The van der Waals surface area contributed by atoms with E-state index >= 15 is 0 Å². The molecule has 2 N–H and O–H groups in total. The molecule has 2 rings (SSSR count). The molecular formula is C13H18N2O2S2. The van der Waals surface area contributed by atoms with Gasteiger partial charge in [-0.3, -0.25) is 0 Å². The largest absolute Gasteiger partial charge is 0.359 e. The zero-order chi connectivity index (χ0) is 13.9. The SMILES string of the molecule is CC1(NC(=S)NCc2ccccc2)CCS(=O)(=O)C1. The Morgan fingerprint density at radius 2 is 2.05 bits per heavy atom. The normalized spacial score (nSPS) is 24.9. The number of sulfone groups is 1. The lowest BCUT2D eigenvalue weighted by Crippen LogP contribution is -2.50. The Morgan fingerprint density at radius 3 is 2.63 bits per heavy atom. The van der Waals surface area contributed by atoms with E-state index in [0.717, 1.165) is 5.56 Å². The summed E-state index contributed by atoms with van der Waals surface area (Å²) < 4.78 is 23.0. The second-order valence-electron chi connectivity index (χ2n) is 5.20. The van der Waals surface area contributed by atoms with Gasteiger partial charge in [0.2, 0.25) is 0 Å². The predicted molar refractivity (Wildman–Crippen MR) is 80.7 cm³/mol. The molecule has 1 aliphatic heterocycles. The number of benzene rings is 1. The van der Waals surface area contributed by atoms with Crippen LogP contribution in [0.5, 0.6) is 0 Å². The highest BCUT2D eigenvalue weighted by atomic mass is 32.2. The Labute approximate surface area is 119 Å². The molecule has 0 amide bonds. The molecule has 0 aromatic heterocycles. The van der Waals surface area contributed by atoms with E-state index in [-0.39, 0.29) is 11.5 Å². The van der Waals surface area contributed by atoms with Gasteiger partial charge in [0.25, 0.3) is 0 Å². The minimum Gasteiger partial charge on any atom is -0.359 e. The van der Waals surface area contributed by atoms with Gasteiger partial charge >= 0.3 is 0 Å². The van der Waals surface area contributed by atoms with Gasteiger partial charge in [0, 0.05) is 6.54 Å². The van der Waals surface area contributed by atoms with Gasteiger partial charge in [-0.1, -0.05) is 30.3 Å². The van der Waals surface area contributed by atoms with Gasteiger partial charge in [-0.2, -0.15) is 0 Å². The summed E-state index contributed by atoms with van der Waals surface area (Å²) >= 11 is 5.22. The third-order valence-electron chi connectivity index (χ3n) is 3.21. The molecule has 1 aromatic rings. The lowest BCUT2D eigenvalue weighted by molar-refractivity contribution is 0.468. The summed E-state index contributed by atoms with van der Waals surface area (Å²) in [6, 6.07) is 9.93. The Morgan fingerprint density at radius 1 is 1.37 bits per heavy atom. The first-order valence-electron chi connectivity index (χ1n) is 6.19. The van der Waals surface area contributed by atoms with E-state index < -0.39 is 15.4 Å². The topological polar surface area (TPSA) is 58.2 Å². The number of hydrogen-bond donors (Lipinski definition) is 2. The van der Waals surface area contributed by atoms with Crippen molar-refractivity contribution in [3.8, 4) is 0 Å². The summed E-state index contributed by atoms with van der Waals surface area (Å²) in [6.07, 6.45) is 0.600. The van der Waals surface area contributed by atoms with Crippen molar-refractivity contribution in [3.63, 3.8) is 0 Å². The first-order chi connectivity index (χ1) is 8.89. The second kappa shape index (κ2) is 5.46. The fraction of sp³-hybridized carbons (Fsp3) is 0.462. The fourth-order valence-corrected chi connectivity index (χ4v) is 4.62.